The molecule has 1 aliphatic rings. The molecule has 1 aliphatic carbocycles. The lowest BCUT2D eigenvalue weighted by atomic mass is 9.85. The topological polar surface area (TPSA) is 65.7 Å². The van der Waals surface area contributed by atoms with Gasteiger partial charge >= 0.3 is 0 Å². The van der Waals surface area contributed by atoms with Crippen LogP contribution < -0.4 is 9.47 Å². The van der Waals surface area contributed by atoms with Crippen molar-refractivity contribution in [2.45, 2.75) is 38.5 Å². The van der Waals surface area contributed by atoms with Gasteiger partial charge in [-0.15, -0.1) is 11.3 Å². The first-order valence-corrected chi connectivity index (χ1v) is 11.6. The maximum atomic E-state index is 13.0. The van der Waals surface area contributed by atoms with Gasteiger partial charge in [0.2, 0.25) is 0 Å². The number of thiophene rings is 1. The average Bonchev–Trinajstić information content (AvgIpc) is 3.47. The lowest BCUT2D eigenvalue weighted by molar-refractivity contribution is 0.0962. The van der Waals surface area contributed by atoms with Crippen LogP contribution >= 0.6 is 11.3 Å². The SMILES string of the molecule is COc1ccc(-c2c(C(C)C)nn3c4c(cnc23)C(=O)C[C@H](c2cccs2)C4)cc1OC. The number of rotatable bonds is 5. The second-order valence-electron chi connectivity index (χ2n) is 8.38. The van der Waals surface area contributed by atoms with E-state index in [1.165, 1.54) is 4.88 Å². The molecule has 3 heterocycles. The Morgan fingerprint density at radius 2 is 1.94 bits per heavy atom. The number of hydrogen-bond acceptors (Lipinski definition) is 6. The van der Waals surface area contributed by atoms with E-state index in [9.17, 15) is 4.79 Å². The lowest BCUT2D eigenvalue weighted by Gasteiger charge is -2.23. The number of ether oxygens (including phenoxy) is 2. The van der Waals surface area contributed by atoms with Crippen LogP contribution in [0, 0.1) is 0 Å². The Morgan fingerprint density at radius 3 is 2.62 bits per heavy atom. The minimum atomic E-state index is 0.133. The van der Waals surface area contributed by atoms with Crippen LogP contribution in [0.2, 0.25) is 0 Å². The van der Waals surface area contributed by atoms with E-state index in [2.05, 4.69) is 25.3 Å². The van der Waals surface area contributed by atoms with Crippen LogP contribution in [0.25, 0.3) is 16.8 Å². The molecule has 0 spiro atoms. The minimum absolute atomic E-state index is 0.133. The zero-order valence-corrected chi connectivity index (χ0v) is 19.4. The molecule has 164 valence electrons. The smallest absolute Gasteiger partial charge is 0.166 e. The maximum Gasteiger partial charge on any atom is 0.166 e. The molecule has 0 amide bonds. The van der Waals surface area contributed by atoms with Gasteiger partial charge in [-0.1, -0.05) is 26.0 Å². The summed E-state index contributed by atoms with van der Waals surface area (Å²) >= 11 is 1.71. The van der Waals surface area contributed by atoms with Crippen molar-refractivity contribution in [2.75, 3.05) is 14.2 Å². The first kappa shape index (κ1) is 20.7. The molecule has 1 aromatic carbocycles. The molecule has 4 aromatic rings. The highest BCUT2D eigenvalue weighted by Crippen LogP contribution is 2.40. The van der Waals surface area contributed by atoms with Crippen LogP contribution in [0.3, 0.4) is 0 Å². The van der Waals surface area contributed by atoms with Crippen LogP contribution in [0.1, 0.15) is 58.7 Å². The zero-order chi connectivity index (χ0) is 22.4. The fourth-order valence-corrected chi connectivity index (χ4v) is 5.34. The number of benzene rings is 1. The highest BCUT2D eigenvalue weighted by atomic mass is 32.1. The number of fused-ring (bicyclic) bond motifs is 3. The molecular formula is C25H25N3O3S. The van der Waals surface area contributed by atoms with Gasteiger partial charge in [-0.25, -0.2) is 9.50 Å². The Morgan fingerprint density at radius 1 is 1.12 bits per heavy atom. The quantitative estimate of drug-likeness (QED) is 0.404. The second kappa shape index (κ2) is 8.06. The monoisotopic (exact) mass is 447 g/mol. The number of hydrogen-bond donors (Lipinski definition) is 0. The molecule has 0 N–H and O–H groups in total. The molecule has 0 saturated heterocycles. The Bertz CT molecular complexity index is 1310. The van der Waals surface area contributed by atoms with Crippen LogP contribution in [0.5, 0.6) is 11.5 Å². The summed E-state index contributed by atoms with van der Waals surface area (Å²) in [6, 6.07) is 10.0. The zero-order valence-electron chi connectivity index (χ0n) is 18.6. The average molecular weight is 448 g/mol. The van der Waals surface area contributed by atoms with Gasteiger partial charge in [-0.2, -0.15) is 5.10 Å². The van der Waals surface area contributed by atoms with Crippen molar-refractivity contribution in [3.8, 4) is 22.6 Å². The third-order valence-corrected chi connectivity index (χ3v) is 7.14. The predicted octanol–water partition coefficient (Wildman–Crippen LogP) is 5.51. The largest absolute Gasteiger partial charge is 0.493 e. The third kappa shape index (κ3) is 3.28. The normalized spacial score (nSPS) is 15.9. The molecule has 5 rings (SSSR count). The number of Topliss-reactive ketones (excluding diaryl/α,β-unsaturated/α-hetero) is 1. The van der Waals surface area contributed by atoms with E-state index in [-0.39, 0.29) is 17.6 Å². The highest BCUT2D eigenvalue weighted by Gasteiger charge is 2.31. The second-order valence-corrected chi connectivity index (χ2v) is 9.36. The molecule has 0 saturated carbocycles. The van der Waals surface area contributed by atoms with E-state index in [4.69, 9.17) is 19.6 Å². The van der Waals surface area contributed by atoms with E-state index < -0.39 is 0 Å². The number of carbonyl (C=O) groups excluding carboxylic acids is 1. The summed E-state index contributed by atoms with van der Waals surface area (Å²) in [5.74, 6) is 1.83. The number of methoxy groups -OCH3 is 2. The van der Waals surface area contributed by atoms with E-state index in [1.807, 2.05) is 28.8 Å². The molecular weight excluding hydrogens is 422 g/mol. The molecule has 32 heavy (non-hydrogen) atoms. The summed E-state index contributed by atoms with van der Waals surface area (Å²) in [4.78, 5) is 18.9. The first-order valence-electron chi connectivity index (χ1n) is 10.7. The number of ketones is 1. The number of aromatic nitrogens is 3. The van der Waals surface area contributed by atoms with Crippen molar-refractivity contribution >= 4 is 22.8 Å². The minimum Gasteiger partial charge on any atom is -0.493 e. The van der Waals surface area contributed by atoms with Gasteiger partial charge in [0, 0.05) is 23.4 Å². The molecule has 7 heteroatoms. The van der Waals surface area contributed by atoms with Crippen molar-refractivity contribution < 1.29 is 14.3 Å². The highest BCUT2D eigenvalue weighted by molar-refractivity contribution is 7.10. The summed E-state index contributed by atoms with van der Waals surface area (Å²) in [5, 5.41) is 7.05. The standard InChI is InChI=1S/C25H25N3O3S/c1-14(2)24-23(15-7-8-20(30-3)21(12-15)31-4)25-26-13-17-18(28(25)27-24)10-16(11-19(17)29)22-6-5-9-32-22/h5-9,12-14,16H,10-11H2,1-4H3/t16-/m1/s1. The van der Waals surface area contributed by atoms with Crippen molar-refractivity contribution in [1.82, 2.24) is 14.6 Å². The fourth-order valence-electron chi connectivity index (χ4n) is 4.51. The van der Waals surface area contributed by atoms with Crippen LogP contribution in [-0.2, 0) is 6.42 Å². The summed E-state index contributed by atoms with van der Waals surface area (Å²) in [7, 11) is 3.26. The molecule has 0 unspecified atom stereocenters. The molecule has 0 fully saturated rings. The Hall–Kier alpha value is -3.19. The first-order chi connectivity index (χ1) is 15.5. The number of carbonyl (C=O) groups is 1. The van der Waals surface area contributed by atoms with E-state index >= 15 is 0 Å². The maximum absolute atomic E-state index is 13.0. The van der Waals surface area contributed by atoms with E-state index in [1.54, 1.807) is 31.8 Å². The van der Waals surface area contributed by atoms with Crippen molar-refractivity contribution in [1.29, 1.82) is 0 Å². The van der Waals surface area contributed by atoms with Crippen LogP contribution in [0.4, 0.5) is 0 Å². The van der Waals surface area contributed by atoms with Crippen molar-refractivity contribution in [2.24, 2.45) is 0 Å². The van der Waals surface area contributed by atoms with E-state index in [0.717, 1.165) is 34.6 Å². The summed E-state index contributed by atoms with van der Waals surface area (Å²) in [6.07, 6.45) is 3.01. The Balaban J connectivity index is 1.72. The Labute approximate surface area is 190 Å². The number of nitrogens with zero attached hydrogens (tertiary/aromatic N) is 3. The van der Waals surface area contributed by atoms with Gasteiger partial charge < -0.3 is 9.47 Å². The van der Waals surface area contributed by atoms with Gasteiger partial charge in [0.15, 0.2) is 22.9 Å². The summed E-state index contributed by atoms with van der Waals surface area (Å²) < 4.78 is 12.8. The van der Waals surface area contributed by atoms with Gasteiger partial charge in [0.05, 0.1) is 36.7 Å². The molecule has 0 aliphatic heterocycles. The predicted molar refractivity (Wildman–Crippen MR) is 125 cm³/mol. The molecule has 3 aromatic heterocycles. The summed E-state index contributed by atoms with van der Waals surface area (Å²) in [5.41, 5.74) is 5.27. The van der Waals surface area contributed by atoms with E-state index in [0.29, 0.717) is 23.5 Å². The third-order valence-electron chi connectivity index (χ3n) is 6.11. The summed E-state index contributed by atoms with van der Waals surface area (Å²) in [6.45, 7) is 4.25. The Kier molecular flexibility index (Phi) is 5.21. The van der Waals surface area contributed by atoms with Crippen LogP contribution in [0.15, 0.2) is 41.9 Å². The van der Waals surface area contributed by atoms with Crippen molar-refractivity contribution in [3.05, 3.63) is 63.7 Å². The van der Waals surface area contributed by atoms with Crippen molar-refractivity contribution in [3.63, 3.8) is 0 Å². The molecule has 1 atom stereocenters. The van der Waals surface area contributed by atoms with Gasteiger partial charge in [0.25, 0.3) is 0 Å². The molecule has 6 nitrogen and oxygen atoms in total. The lowest BCUT2D eigenvalue weighted by Crippen LogP contribution is -2.22. The van der Waals surface area contributed by atoms with Gasteiger partial charge in [-0.3, -0.25) is 4.79 Å². The van der Waals surface area contributed by atoms with Gasteiger partial charge in [0.1, 0.15) is 0 Å². The van der Waals surface area contributed by atoms with Crippen LogP contribution in [-0.4, -0.2) is 34.6 Å². The molecule has 0 bridgehead atoms. The fraction of sp³-hybridized carbons (Fsp3) is 0.320. The van der Waals surface area contributed by atoms with Gasteiger partial charge in [-0.05, 0) is 41.5 Å². The molecule has 0 radical (unpaired) electrons.